The number of fused-ring (bicyclic) bond motifs is 2. The molecule has 0 radical (unpaired) electrons. The highest BCUT2D eigenvalue weighted by molar-refractivity contribution is 5.97. The number of oxazole rings is 1. The third kappa shape index (κ3) is 4.90. The van der Waals surface area contributed by atoms with E-state index in [-0.39, 0.29) is 12.5 Å². The Labute approximate surface area is 185 Å². The molecule has 0 aliphatic carbocycles. The number of carbonyl (C=O) groups is 1. The van der Waals surface area contributed by atoms with E-state index < -0.39 is 5.60 Å². The Hall–Kier alpha value is -3.43. The van der Waals surface area contributed by atoms with Gasteiger partial charge < -0.3 is 24.1 Å². The highest BCUT2D eigenvalue weighted by atomic mass is 16.5. The Morgan fingerprint density at radius 2 is 2.00 bits per heavy atom. The Bertz CT molecular complexity index is 1270. The summed E-state index contributed by atoms with van der Waals surface area (Å²) in [5, 5.41) is 15.6. The van der Waals surface area contributed by atoms with Crippen molar-refractivity contribution in [3.05, 3.63) is 47.5 Å². The molecule has 2 aromatic heterocycles. The van der Waals surface area contributed by atoms with Crippen LogP contribution in [-0.2, 0) is 11.8 Å². The first-order valence-corrected chi connectivity index (χ1v) is 10.4. The minimum atomic E-state index is -0.892. The van der Waals surface area contributed by atoms with Crippen molar-refractivity contribution in [1.29, 1.82) is 0 Å². The predicted octanol–water partition coefficient (Wildman–Crippen LogP) is 3.28. The van der Waals surface area contributed by atoms with Gasteiger partial charge in [-0.1, -0.05) is 6.07 Å². The molecule has 0 saturated carbocycles. The third-order valence-corrected chi connectivity index (χ3v) is 4.89. The maximum absolute atomic E-state index is 12.5. The number of carbonyl (C=O) groups excluding carboxylic acids is 1. The SMILES string of the molecule is Cc1ccc2nc(Nc3nc4cc(C(=O)NCCOCC(C)(C)O)ccc4n3C)oc2c1. The van der Waals surface area contributed by atoms with Gasteiger partial charge >= 0.3 is 6.01 Å². The summed E-state index contributed by atoms with van der Waals surface area (Å²) in [6, 6.07) is 11.5. The molecule has 9 nitrogen and oxygen atoms in total. The van der Waals surface area contributed by atoms with Crippen molar-refractivity contribution in [3.8, 4) is 0 Å². The largest absolute Gasteiger partial charge is 0.423 e. The Morgan fingerprint density at radius 3 is 2.78 bits per heavy atom. The van der Waals surface area contributed by atoms with Crippen LogP contribution >= 0.6 is 0 Å². The second-order valence-corrected chi connectivity index (χ2v) is 8.43. The average Bonchev–Trinajstić information content (AvgIpc) is 3.26. The smallest absolute Gasteiger partial charge is 0.302 e. The number of nitrogens with one attached hydrogen (secondary N) is 2. The first kappa shape index (κ1) is 21.8. The highest BCUT2D eigenvalue weighted by Gasteiger charge is 2.15. The Balaban J connectivity index is 1.44. The van der Waals surface area contributed by atoms with Crippen molar-refractivity contribution < 1.29 is 19.1 Å². The zero-order chi connectivity index (χ0) is 22.9. The summed E-state index contributed by atoms with van der Waals surface area (Å²) in [4.78, 5) is 21.5. The molecule has 0 atom stereocenters. The molecular weight excluding hydrogens is 410 g/mol. The molecule has 2 heterocycles. The zero-order valence-corrected chi connectivity index (χ0v) is 18.6. The van der Waals surface area contributed by atoms with E-state index in [0.717, 1.165) is 16.6 Å². The van der Waals surface area contributed by atoms with E-state index >= 15 is 0 Å². The van der Waals surface area contributed by atoms with Crippen LogP contribution in [0.2, 0.25) is 0 Å². The molecule has 4 aromatic rings. The minimum absolute atomic E-state index is 0.207. The third-order valence-electron chi connectivity index (χ3n) is 4.89. The fourth-order valence-electron chi connectivity index (χ4n) is 3.29. The van der Waals surface area contributed by atoms with Gasteiger partial charge in [0.15, 0.2) is 5.58 Å². The number of nitrogens with zero attached hydrogens (tertiary/aromatic N) is 3. The molecule has 1 amide bonds. The van der Waals surface area contributed by atoms with Crippen molar-refractivity contribution in [1.82, 2.24) is 19.9 Å². The molecule has 0 unspecified atom stereocenters. The first-order chi connectivity index (χ1) is 15.2. The summed E-state index contributed by atoms with van der Waals surface area (Å²) in [6.45, 7) is 6.21. The second kappa shape index (κ2) is 8.60. The lowest BCUT2D eigenvalue weighted by molar-refractivity contribution is -0.0194. The number of hydrogen-bond donors (Lipinski definition) is 3. The summed E-state index contributed by atoms with van der Waals surface area (Å²) in [5.74, 6) is 0.342. The van der Waals surface area contributed by atoms with Crippen LogP contribution in [0.4, 0.5) is 12.0 Å². The average molecular weight is 438 g/mol. The van der Waals surface area contributed by atoms with Gasteiger partial charge in [-0.3, -0.25) is 10.1 Å². The van der Waals surface area contributed by atoms with Crippen molar-refractivity contribution in [2.45, 2.75) is 26.4 Å². The molecule has 0 aliphatic heterocycles. The van der Waals surface area contributed by atoms with E-state index in [1.54, 1.807) is 26.0 Å². The fourth-order valence-corrected chi connectivity index (χ4v) is 3.29. The van der Waals surface area contributed by atoms with E-state index in [2.05, 4.69) is 20.6 Å². The number of aromatic nitrogens is 3. The summed E-state index contributed by atoms with van der Waals surface area (Å²) in [7, 11) is 1.88. The molecule has 0 fully saturated rings. The van der Waals surface area contributed by atoms with Gasteiger partial charge in [-0.2, -0.15) is 4.98 Å². The van der Waals surface area contributed by atoms with Crippen LogP contribution in [0.25, 0.3) is 22.1 Å². The number of hydrogen-bond acceptors (Lipinski definition) is 7. The number of benzene rings is 2. The molecule has 3 N–H and O–H groups in total. The van der Waals surface area contributed by atoms with Gasteiger partial charge in [-0.15, -0.1) is 0 Å². The fraction of sp³-hybridized carbons (Fsp3) is 0.348. The summed E-state index contributed by atoms with van der Waals surface area (Å²) in [5.41, 5.74) is 3.72. The number of amides is 1. The summed E-state index contributed by atoms with van der Waals surface area (Å²) >= 11 is 0. The van der Waals surface area contributed by atoms with Gasteiger partial charge in [0.2, 0.25) is 5.95 Å². The van der Waals surface area contributed by atoms with Crippen molar-refractivity contribution in [2.24, 2.45) is 7.05 Å². The van der Waals surface area contributed by atoms with Crippen LogP contribution in [0.1, 0.15) is 29.8 Å². The Morgan fingerprint density at radius 1 is 1.19 bits per heavy atom. The Kier molecular flexibility index (Phi) is 5.86. The molecular formula is C23H27N5O4. The first-order valence-electron chi connectivity index (χ1n) is 10.4. The van der Waals surface area contributed by atoms with Crippen molar-refractivity contribution in [2.75, 3.05) is 25.1 Å². The number of aryl methyl sites for hydroxylation is 2. The molecule has 0 bridgehead atoms. The lowest BCUT2D eigenvalue weighted by atomic mass is 10.2. The highest BCUT2D eigenvalue weighted by Crippen LogP contribution is 2.25. The molecule has 2 aromatic carbocycles. The molecule has 0 spiro atoms. The van der Waals surface area contributed by atoms with Gasteiger partial charge in [0.25, 0.3) is 5.91 Å². The number of anilines is 2. The number of imidazole rings is 1. The summed E-state index contributed by atoms with van der Waals surface area (Å²) < 4.78 is 13.0. The predicted molar refractivity (Wildman–Crippen MR) is 122 cm³/mol. The molecule has 9 heteroatoms. The number of aliphatic hydroxyl groups is 1. The van der Waals surface area contributed by atoms with Gasteiger partial charge in [-0.25, -0.2) is 4.98 Å². The molecule has 168 valence electrons. The van der Waals surface area contributed by atoms with Crippen molar-refractivity contribution >= 4 is 40.0 Å². The van der Waals surface area contributed by atoms with E-state index in [1.165, 1.54) is 0 Å². The van der Waals surface area contributed by atoms with Gasteiger partial charge in [0.1, 0.15) is 5.52 Å². The molecule has 32 heavy (non-hydrogen) atoms. The molecule has 0 aliphatic rings. The van der Waals surface area contributed by atoms with Crippen LogP contribution in [0.5, 0.6) is 0 Å². The lowest BCUT2D eigenvalue weighted by Gasteiger charge is -2.16. The van der Waals surface area contributed by atoms with Crippen LogP contribution in [0, 0.1) is 6.92 Å². The van der Waals surface area contributed by atoms with Crippen LogP contribution in [-0.4, -0.2) is 50.9 Å². The van der Waals surface area contributed by atoms with Crippen LogP contribution < -0.4 is 10.6 Å². The number of ether oxygens (including phenoxy) is 1. The monoisotopic (exact) mass is 437 g/mol. The van der Waals surface area contributed by atoms with Gasteiger partial charge in [0.05, 0.1) is 29.8 Å². The quantitative estimate of drug-likeness (QED) is 0.362. The maximum Gasteiger partial charge on any atom is 0.302 e. The van der Waals surface area contributed by atoms with Crippen LogP contribution in [0.3, 0.4) is 0 Å². The second-order valence-electron chi connectivity index (χ2n) is 8.43. The van der Waals surface area contributed by atoms with E-state index in [4.69, 9.17) is 9.15 Å². The van der Waals surface area contributed by atoms with E-state index in [9.17, 15) is 9.90 Å². The summed E-state index contributed by atoms with van der Waals surface area (Å²) in [6.07, 6.45) is 0. The normalized spacial score (nSPS) is 11.9. The van der Waals surface area contributed by atoms with E-state index in [1.807, 2.05) is 42.8 Å². The zero-order valence-electron chi connectivity index (χ0n) is 18.6. The van der Waals surface area contributed by atoms with E-state index in [0.29, 0.717) is 41.8 Å². The van der Waals surface area contributed by atoms with Crippen LogP contribution in [0.15, 0.2) is 40.8 Å². The number of rotatable bonds is 8. The lowest BCUT2D eigenvalue weighted by Crippen LogP contribution is -2.31. The molecule has 4 rings (SSSR count). The van der Waals surface area contributed by atoms with Gasteiger partial charge in [0, 0.05) is 19.2 Å². The maximum atomic E-state index is 12.5. The standard InChI is InChI=1S/C23H27N5O4/c1-14-5-7-16-19(11-14)32-22(26-16)27-21-25-17-12-15(6-8-18(17)28(21)4)20(29)24-9-10-31-13-23(2,3)30/h5-8,11-12,30H,9-10,13H2,1-4H3,(H,24,29)(H,25,26,27). The minimum Gasteiger partial charge on any atom is -0.423 e. The topological polar surface area (TPSA) is 114 Å². The van der Waals surface area contributed by atoms with Gasteiger partial charge in [-0.05, 0) is 56.7 Å². The molecule has 0 saturated heterocycles. The van der Waals surface area contributed by atoms with Crippen molar-refractivity contribution in [3.63, 3.8) is 0 Å².